The molecule has 1 saturated carbocycles. The molecule has 10 nitrogen and oxygen atoms in total. The monoisotopic (exact) mass is 570 g/mol. The Morgan fingerprint density at radius 3 is 2.78 bits per heavy atom. The first-order chi connectivity index (χ1) is 19.7. The van der Waals surface area contributed by atoms with E-state index in [2.05, 4.69) is 15.6 Å². The molecule has 4 saturated heterocycles. The van der Waals surface area contributed by atoms with Crippen molar-refractivity contribution >= 4 is 34.6 Å². The van der Waals surface area contributed by atoms with Crippen LogP contribution in [-0.2, 0) is 19.1 Å². The number of aromatic nitrogens is 1. The molecular formula is C29H32F2N4O6. The molecule has 1 aliphatic carbocycles. The van der Waals surface area contributed by atoms with Gasteiger partial charge < -0.3 is 30.0 Å². The zero-order valence-corrected chi connectivity index (χ0v) is 22.6. The summed E-state index contributed by atoms with van der Waals surface area (Å²) in [7, 11) is 1.52. The van der Waals surface area contributed by atoms with Crippen LogP contribution in [0.1, 0.15) is 49.0 Å². The second-order valence-electron chi connectivity index (χ2n) is 11.3. The normalized spacial score (nSPS) is 28.6. The minimum atomic E-state index is -3.13. The number of benzene rings is 1. The molecule has 5 atom stereocenters. The molecule has 12 heteroatoms. The molecule has 0 radical (unpaired) electrons. The van der Waals surface area contributed by atoms with Crippen molar-refractivity contribution < 1.29 is 37.4 Å². The molecule has 1 aromatic carbocycles. The molecule has 3 N–H and O–H groups in total. The molecule has 0 unspecified atom stereocenters. The van der Waals surface area contributed by atoms with Crippen LogP contribution in [0, 0.1) is 11.8 Å². The van der Waals surface area contributed by atoms with Crippen molar-refractivity contribution in [2.45, 2.75) is 62.6 Å². The van der Waals surface area contributed by atoms with Crippen molar-refractivity contribution in [3.8, 4) is 5.75 Å². The highest BCUT2D eigenvalue weighted by Crippen LogP contribution is 2.49. The number of methoxy groups -OCH3 is 1. The summed E-state index contributed by atoms with van der Waals surface area (Å²) in [5, 5.41) is 6.25. The summed E-state index contributed by atoms with van der Waals surface area (Å²) in [6.07, 6.45) is 2.61. The topological polar surface area (TPSA) is 130 Å². The second-order valence-corrected chi connectivity index (χ2v) is 11.3. The maximum absolute atomic E-state index is 15.2. The maximum Gasteiger partial charge on any atom is 0.333 e. The number of hydrogen-bond donors (Lipinski definition) is 3. The average molecular weight is 571 g/mol. The number of nitrogens with zero attached hydrogens (tertiary/aromatic N) is 1. The van der Waals surface area contributed by atoms with E-state index in [1.54, 1.807) is 30.3 Å². The fourth-order valence-electron chi connectivity index (χ4n) is 6.81. The first kappa shape index (κ1) is 27.2. The first-order valence-corrected chi connectivity index (χ1v) is 14.0. The highest BCUT2D eigenvalue weighted by Gasteiger charge is 2.60. The van der Waals surface area contributed by atoms with Gasteiger partial charge in [0.15, 0.2) is 0 Å². The standard InChI is InChI=1S/C29H32F2N4O6/c1-40-23-4-2-3-21-19(23)13-22(34-21)27(38)35-18-5-6-20(29(30,31)14-18)24(35)26(37)33-17(11-15-7-9-32-25(15)36)12-16-8-10-41-28(16)39/h2-4,12-13,15,17-18,20,24,34H,5-11,14H2,1H3,(H,32,36)(H,33,37)/b16-12-/t15-,17-,18+,20+,24+/m1/s1. The minimum Gasteiger partial charge on any atom is -0.496 e. The van der Waals surface area contributed by atoms with Gasteiger partial charge in [0.2, 0.25) is 11.8 Å². The number of nitrogens with one attached hydrogen (secondary N) is 3. The zero-order valence-electron chi connectivity index (χ0n) is 22.6. The number of amides is 3. The van der Waals surface area contributed by atoms with Gasteiger partial charge in [0.05, 0.1) is 19.6 Å². The number of piperidine rings is 2. The van der Waals surface area contributed by atoms with Crippen LogP contribution in [0.3, 0.4) is 0 Å². The first-order valence-electron chi connectivity index (χ1n) is 14.0. The fourth-order valence-corrected chi connectivity index (χ4v) is 6.81. The highest BCUT2D eigenvalue weighted by molar-refractivity contribution is 6.02. The largest absolute Gasteiger partial charge is 0.496 e. The number of alkyl halides is 2. The fraction of sp³-hybridized carbons (Fsp3) is 0.517. The summed E-state index contributed by atoms with van der Waals surface area (Å²) in [5.41, 5.74) is 1.18. The molecule has 1 aromatic heterocycles. The lowest BCUT2D eigenvalue weighted by atomic mass is 9.71. The number of cyclic esters (lactones) is 1. The third kappa shape index (κ3) is 4.93. The van der Waals surface area contributed by atoms with Crippen LogP contribution in [0.4, 0.5) is 8.78 Å². The molecule has 5 heterocycles. The number of hydrogen-bond acceptors (Lipinski definition) is 6. The Labute approximate surface area is 234 Å². The number of aromatic amines is 1. The van der Waals surface area contributed by atoms with Gasteiger partial charge in [-0.25, -0.2) is 13.6 Å². The van der Waals surface area contributed by atoms with Crippen molar-refractivity contribution in [2.75, 3.05) is 20.3 Å². The summed E-state index contributed by atoms with van der Waals surface area (Å²) >= 11 is 0. The molecule has 3 amide bonds. The summed E-state index contributed by atoms with van der Waals surface area (Å²) in [5.74, 6) is -6.28. The van der Waals surface area contributed by atoms with Gasteiger partial charge in [0, 0.05) is 53.9 Å². The van der Waals surface area contributed by atoms with Crippen LogP contribution in [0.5, 0.6) is 5.75 Å². The number of carbonyl (C=O) groups is 4. The Bertz CT molecular complexity index is 1440. The molecule has 0 spiro atoms. The van der Waals surface area contributed by atoms with Gasteiger partial charge in [-0.1, -0.05) is 12.1 Å². The van der Waals surface area contributed by atoms with E-state index in [0.29, 0.717) is 48.0 Å². The lowest BCUT2D eigenvalue weighted by Crippen LogP contribution is -2.68. The predicted octanol–water partition coefficient (Wildman–Crippen LogP) is 2.69. The molecule has 2 aromatic rings. The Morgan fingerprint density at radius 1 is 1.27 bits per heavy atom. The van der Waals surface area contributed by atoms with Gasteiger partial charge in [-0.15, -0.1) is 0 Å². The average Bonchev–Trinajstić information content (AvgIpc) is 3.67. The molecule has 5 fully saturated rings. The van der Waals surface area contributed by atoms with Crippen molar-refractivity contribution in [1.82, 2.24) is 20.5 Å². The van der Waals surface area contributed by atoms with Gasteiger partial charge >= 0.3 is 5.97 Å². The Balaban J connectivity index is 1.32. The zero-order chi connectivity index (χ0) is 28.9. The van der Waals surface area contributed by atoms with Gasteiger partial charge in [0.25, 0.3) is 11.8 Å². The Kier molecular flexibility index (Phi) is 6.95. The van der Waals surface area contributed by atoms with E-state index in [1.165, 1.54) is 12.0 Å². The molecule has 4 aliphatic heterocycles. The Morgan fingerprint density at radius 2 is 2.10 bits per heavy atom. The second kappa shape index (κ2) is 10.5. The maximum atomic E-state index is 15.2. The van der Waals surface area contributed by atoms with E-state index < -0.39 is 60.1 Å². The van der Waals surface area contributed by atoms with Crippen LogP contribution >= 0.6 is 0 Å². The van der Waals surface area contributed by atoms with Crippen LogP contribution in [-0.4, -0.2) is 77.9 Å². The molecule has 5 aliphatic rings. The van der Waals surface area contributed by atoms with Crippen LogP contribution in [0.15, 0.2) is 35.9 Å². The number of ether oxygens (including phenoxy) is 2. The smallest absolute Gasteiger partial charge is 0.333 e. The quantitative estimate of drug-likeness (QED) is 0.347. The third-order valence-electron chi connectivity index (χ3n) is 8.81. The highest BCUT2D eigenvalue weighted by atomic mass is 19.3. The van der Waals surface area contributed by atoms with Gasteiger partial charge in [-0.2, -0.15) is 0 Å². The number of halogens is 2. The van der Waals surface area contributed by atoms with Crippen molar-refractivity contribution in [1.29, 1.82) is 0 Å². The number of H-pyrrole nitrogens is 1. The number of carbonyl (C=O) groups excluding carboxylic acids is 4. The van der Waals surface area contributed by atoms with Crippen LogP contribution in [0.2, 0.25) is 0 Å². The Hall–Kier alpha value is -3.96. The van der Waals surface area contributed by atoms with Gasteiger partial charge in [-0.3, -0.25) is 14.4 Å². The van der Waals surface area contributed by atoms with Crippen molar-refractivity contribution in [3.05, 3.63) is 41.6 Å². The SMILES string of the molecule is COc1cccc2[nH]c(C(=O)N3[C@H]4CC[C@@H]([C@H]3C(=O)N[C@@H](/C=C3/CCOC3=O)C[C@H]3CCNC3=O)C(F)(F)C4)cc12. The van der Waals surface area contributed by atoms with E-state index >= 15 is 8.78 Å². The molecular weight excluding hydrogens is 538 g/mol. The summed E-state index contributed by atoms with van der Waals surface area (Å²) < 4.78 is 40.9. The van der Waals surface area contributed by atoms with Crippen molar-refractivity contribution in [3.63, 3.8) is 0 Å². The summed E-state index contributed by atoms with van der Waals surface area (Å²) in [6, 6.07) is 3.89. The van der Waals surface area contributed by atoms with E-state index in [0.717, 1.165) is 0 Å². The molecule has 2 bridgehead atoms. The minimum absolute atomic E-state index is 0.100. The van der Waals surface area contributed by atoms with E-state index in [9.17, 15) is 19.2 Å². The molecule has 7 rings (SSSR count). The lowest BCUT2D eigenvalue weighted by Gasteiger charge is -2.53. The number of fused-ring (bicyclic) bond motifs is 4. The summed E-state index contributed by atoms with van der Waals surface area (Å²) in [4.78, 5) is 56.6. The van der Waals surface area contributed by atoms with E-state index in [-0.39, 0.29) is 31.0 Å². The van der Waals surface area contributed by atoms with Gasteiger partial charge in [-0.05, 0) is 43.9 Å². The molecule has 41 heavy (non-hydrogen) atoms. The van der Waals surface area contributed by atoms with E-state index in [1.807, 2.05) is 0 Å². The number of rotatable bonds is 7. The van der Waals surface area contributed by atoms with Crippen LogP contribution < -0.4 is 15.4 Å². The van der Waals surface area contributed by atoms with Crippen LogP contribution in [0.25, 0.3) is 10.9 Å². The summed E-state index contributed by atoms with van der Waals surface area (Å²) in [6.45, 7) is 0.713. The molecule has 218 valence electrons. The number of esters is 1. The van der Waals surface area contributed by atoms with Gasteiger partial charge in [0.1, 0.15) is 17.5 Å². The predicted molar refractivity (Wildman–Crippen MR) is 142 cm³/mol. The third-order valence-corrected chi connectivity index (χ3v) is 8.81. The van der Waals surface area contributed by atoms with Crippen molar-refractivity contribution in [2.24, 2.45) is 11.8 Å². The van der Waals surface area contributed by atoms with E-state index in [4.69, 9.17) is 9.47 Å². The lowest BCUT2D eigenvalue weighted by molar-refractivity contribution is -0.179.